The van der Waals surface area contributed by atoms with Crippen molar-refractivity contribution in [2.24, 2.45) is 0 Å². The van der Waals surface area contributed by atoms with Crippen molar-refractivity contribution in [3.63, 3.8) is 0 Å². The van der Waals surface area contributed by atoms with Gasteiger partial charge in [0.25, 0.3) is 0 Å². The van der Waals surface area contributed by atoms with Crippen LogP contribution >= 0.6 is 0 Å². The van der Waals surface area contributed by atoms with Gasteiger partial charge in [0, 0.05) is 0 Å². The van der Waals surface area contributed by atoms with Crippen molar-refractivity contribution >= 4 is 0 Å². The van der Waals surface area contributed by atoms with Crippen LogP contribution in [0.3, 0.4) is 0 Å². The first-order valence-corrected chi connectivity index (χ1v) is 3.15. The van der Waals surface area contributed by atoms with Crippen molar-refractivity contribution in [3.8, 4) is 0 Å². The summed E-state index contributed by atoms with van der Waals surface area (Å²) in [6.07, 6.45) is 10.3. The van der Waals surface area contributed by atoms with Gasteiger partial charge in [-0.15, -0.1) is 0 Å². The molecular weight excluding hydrogens is 172 g/mol. The number of hydrogen-bond donors (Lipinski definition) is 0. The molecule has 0 nitrogen and oxygen atoms in total. The summed E-state index contributed by atoms with van der Waals surface area (Å²) < 4.78 is 0. The maximum absolute atomic E-state index is 4.93. The van der Waals surface area contributed by atoms with Gasteiger partial charge < -0.3 is 0 Å². The summed E-state index contributed by atoms with van der Waals surface area (Å²) in [6.45, 7) is 13.7. The zero-order chi connectivity index (χ0) is 8.24. The van der Waals surface area contributed by atoms with Crippen molar-refractivity contribution in [2.45, 2.75) is 13.8 Å². The van der Waals surface area contributed by atoms with E-state index >= 15 is 0 Å². The van der Waals surface area contributed by atoms with Gasteiger partial charge in [-0.1, -0.05) is 13.8 Å². The van der Waals surface area contributed by atoms with Gasteiger partial charge >= 0.3 is 17.4 Å². The molecule has 0 unspecified atom stereocenters. The van der Waals surface area contributed by atoms with Crippen LogP contribution in [0.25, 0.3) is 0 Å². The summed E-state index contributed by atoms with van der Waals surface area (Å²) in [5, 5.41) is 0. The maximum atomic E-state index is 4.93. The van der Waals surface area contributed by atoms with Crippen LogP contribution in [-0.2, 0) is 17.4 Å². The Morgan fingerprint density at radius 3 is 1.09 bits per heavy atom. The standard InChI is InChI=1S/2C5H7.Cr/c2*1-3-5-4-2;/h2*1,3-5H,2H3;/q2*-1;+2/b2*5-4+;. The summed E-state index contributed by atoms with van der Waals surface area (Å²) in [5.74, 6) is 0. The molecule has 0 heterocycles. The molecule has 0 aliphatic heterocycles. The summed E-state index contributed by atoms with van der Waals surface area (Å²) in [6, 6.07) is 0. The maximum Gasteiger partial charge on any atom is 2.00 e. The van der Waals surface area contributed by atoms with Crippen molar-refractivity contribution in [1.82, 2.24) is 0 Å². The number of rotatable bonds is 2. The molecule has 0 radical (unpaired) electrons. The Kier molecular flexibility index (Phi) is 34.7. The van der Waals surface area contributed by atoms with Crippen LogP contribution in [0.5, 0.6) is 0 Å². The second-order valence-electron chi connectivity index (χ2n) is 1.44. The van der Waals surface area contributed by atoms with Crippen molar-refractivity contribution in [1.29, 1.82) is 0 Å². The molecule has 0 spiro atoms. The normalized spacial score (nSPS) is 8.18. The molecule has 0 bridgehead atoms. The third-order valence-electron chi connectivity index (χ3n) is 0.607. The van der Waals surface area contributed by atoms with E-state index in [0.29, 0.717) is 0 Å². The summed E-state index contributed by atoms with van der Waals surface area (Å²) in [5.41, 5.74) is 0. The molecule has 1 heteroatoms. The molecular formula is C10H14Cr. The molecule has 0 aromatic rings. The zero-order valence-corrected chi connectivity index (χ0v) is 8.30. The largest absolute Gasteiger partial charge is 2.00 e. The SMILES string of the molecule is [CH-]=C/C=C/C.[CH-]=C/C=C/C.[Cr+2]. The van der Waals surface area contributed by atoms with Crippen molar-refractivity contribution < 1.29 is 17.4 Å². The third-order valence-corrected chi connectivity index (χ3v) is 0.607. The average molecular weight is 186 g/mol. The van der Waals surface area contributed by atoms with Crippen molar-refractivity contribution in [2.75, 3.05) is 0 Å². The quantitative estimate of drug-likeness (QED) is 0.459. The Balaban J connectivity index is -0.000000107. The molecule has 0 rings (SSSR count). The van der Waals surface area contributed by atoms with Gasteiger partial charge in [-0.3, -0.25) is 13.2 Å². The molecule has 0 aliphatic carbocycles. The van der Waals surface area contributed by atoms with Gasteiger partial charge in [-0.05, 0) is 0 Å². The van der Waals surface area contributed by atoms with Crippen LogP contribution in [0, 0.1) is 13.2 Å². The molecule has 0 aromatic carbocycles. The molecule has 11 heavy (non-hydrogen) atoms. The summed E-state index contributed by atoms with van der Waals surface area (Å²) in [4.78, 5) is 0. The second kappa shape index (κ2) is 22.7. The van der Waals surface area contributed by atoms with E-state index in [4.69, 9.17) is 13.2 Å². The first kappa shape index (κ1) is 16.8. The van der Waals surface area contributed by atoms with Gasteiger partial charge in [-0.2, -0.15) is 12.2 Å². The molecule has 0 aliphatic rings. The summed E-state index contributed by atoms with van der Waals surface area (Å²) in [7, 11) is 0. The number of allylic oxidation sites excluding steroid dienone is 6. The Bertz CT molecular complexity index is 105. The van der Waals surface area contributed by atoms with Crippen molar-refractivity contribution in [3.05, 3.63) is 49.6 Å². The van der Waals surface area contributed by atoms with Crippen LogP contribution in [0.15, 0.2) is 36.5 Å². The van der Waals surface area contributed by atoms with E-state index < -0.39 is 0 Å². The molecule has 0 amide bonds. The Labute approximate surface area is 81.1 Å². The first-order valence-electron chi connectivity index (χ1n) is 3.15. The first-order chi connectivity index (χ1) is 4.83. The zero-order valence-electron chi connectivity index (χ0n) is 7.03. The number of hydrogen-bond acceptors (Lipinski definition) is 0. The van der Waals surface area contributed by atoms with E-state index in [1.54, 1.807) is 12.2 Å². The van der Waals surface area contributed by atoms with Crippen LogP contribution < -0.4 is 0 Å². The van der Waals surface area contributed by atoms with Gasteiger partial charge in [-0.25, -0.2) is 24.3 Å². The van der Waals surface area contributed by atoms with Gasteiger partial charge in [0.15, 0.2) is 0 Å². The van der Waals surface area contributed by atoms with Crippen LogP contribution in [-0.4, -0.2) is 0 Å². The van der Waals surface area contributed by atoms with E-state index in [-0.39, 0.29) is 17.4 Å². The predicted octanol–water partition coefficient (Wildman–Crippen LogP) is 3.10. The minimum Gasteiger partial charge on any atom is -0.293 e. The Morgan fingerprint density at radius 1 is 0.818 bits per heavy atom. The molecule has 0 N–H and O–H groups in total. The second-order valence-corrected chi connectivity index (χ2v) is 1.44. The third kappa shape index (κ3) is 43.7. The van der Waals surface area contributed by atoms with Gasteiger partial charge in [0.1, 0.15) is 0 Å². The van der Waals surface area contributed by atoms with Gasteiger partial charge in [0.2, 0.25) is 0 Å². The molecule has 0 aromatic heterocycles. The Hall–Kier alpha value is -0.508. The van der Waals surface area contributed by atoms with Gasteiger partial charge in [0.05, 0.1) is 0 Å². The summed E-state index contributed by atoms with van der Waals surface area (Å²) >= 11 is 0. The molecule has 60 valence electrons. The van der Waals surface area contributed by atoms with E-state index in [2.05, 4.69) is 0 Å². The molecule has 0 atom stereocenters. The fourth-order valence-corrected chi connectivity index (χ4v) is 0.222. The molecule has 0 saturated heterocycles. The monoisotopic (exact) mass is 186 g/mol. The fourth-order valence-electron chi connectivity index (χ4n) is 0.222. The van der Waals surface area contributed by atoms with E-state index in [9.17, 15) is 0 Å². The Morgan fingerprint density at radius 2 is 1.09 bits per heavy atom. The minimum absolute atomic E-state index is 0. The van der Waals surface area contributed by atoms with Crippen LogP contribution in [0.4, 0.5) is 0 Å². The smallest absolute Gasteiger partial charge is 0.293 e. The topological polar surface area (TPSA) is 0 Å². The van der Waals surface area contributed by atoms with E-state index in [1.807, 2.05) is 26.0 Å². The minimum atomic E-state index is 0. The molecule has 0 fully saturated rings. The van der Waals surface area contributed by atoms with Crippen LogP contribution in [0.2, 0.25) is 0 Å². The van der Waals surface area contributed by atoms with E-state index in [0.717, 1.165) is 0 Å². The predicted molar refractivity (Wildman–Crippen MR) is 47.4 cm³/mol. The van der Waals surface area contributed by atoms with E-state index in [1.165, 1.54) is 12.2 Å². The average Bonchev–Trinajstić information content (AvgIpc) is 1.93. The molecule has 0 saturated carbocycles. The van der Waals surface area contributed by atoms with Crippen LogP contribution in [0.1, 0.15) is 13.8 Å². The fraction of sp³-hybridized carbons (Fsp3) is 0.200.